The Labute approximate surface area is 187 Å². The second kappa shape index (κ2) is 9.38. The first kappa shape index (κ1) is 22.4. The van der Waals surface area contributed by atoms with E-state index in [9.17, 15) is 18.0 Å². The second-order valence-corrected chi connectivity index (χ2v) is 12.0. The van der Waals surface area contributed by atoms with Crippen LogP contribution < -0.4 is 5.32 Å². The lowest BCUT2D eigenvalue weighted by atomic mass is 9.97. The maximum absolute atomic E-state index is 12.9. The van der Waals surface area contributed by atoms with Crippen molar-refractivity contribution in [1.29, 1.82) is 0 Å². The van der Waals surface area contributed by atoms with Gasteiger partial charge in [-0.2, -0.15) is 5.10 Å². The van der Waals surface area contributed by atoms with Crippen LogP contribution in [0, 0.1) is 5.92 Å². The van der Waals surface area contributed by atoms with Crippen LogP contribution in [0.15, 0.2) is 22.6 Å². The lowest BCUT2D eigenvalue weighted by Crippen LogP contribution is -2.46. The topological polar surface area (TPSA) is 99.2 Å². The van der Waals surface area contributed by atoms with Crippen molar-refractivity contribution in [2.24, 2.45) is 11.0 Å². The highest BCUT2D eigenvalue weighted by atomic mass is 32.2. The van der Waals surface area contributed by atoms with Gasteiger partial charge >= 0.3 is 0 Å². The van der Waals surface area contributed by atoms with Crippen molar-refractivity contribution in [3.8, 4) is 0 Å². The SMILES string of the molecule is CC1CCN(C(CNC(=O)C2=NN(C3CCS(=O)(=O)C3)C(=O)CC2)c2cccs2)CC1. The number of carbonyl (C=O) groups is 2. The van der Waals surface area contributed by atoms with Crippen molar-refractivity contribution >= 4 is 38.7 Å². The van der Waals surface area contributed by atoms with Gasteiger partial charge in [-0.3, -0.25) is 14.5 Å². The van der Waals surface area contributed by atoms with Gasteiger partial charge in [0.2, 0.25) is 5.91 Å². The number of nitrogens with one attached hydrogen (secondary N) is 1. The fourth-order valence-electron chi connectivity index (χ4n) is 4.51. The van der Waals surface area contributed by atoms with Crippen molar-refractivity contribution in [1.82, 2.24) is 15.2 Å². The minimum absolute atomic E-state index is 0.0649. The van der Waals surface area contributed by atoms with Crippen LogP contribution in [0.4, 0.5) is 0 Å². The molecule has 2 unspecified atom stereocenters. The maximum atomic E-state index is 12.9. The molecule has 1 aromatic rings. The molecule has 4 rings (SSSR count). The third kappa shape index (κ3) is 5.35. The molecule has 2 atom stereocenters. The number of hydrogen-bond donors (Lipinski definition) is 1. The van der Waals surface area contributed by atoms with Crippen LogP contribution in [0.3, 0.4) is 0 Å². The molecule has 0 spiro atoms. The van der Waals surface area contributed by atoms with Gasteiger partial charge in [-0.15, -0.1) is 11.3 Å². The van der Waals surface area contributed by atoms with Crippen LogP contribution in [-0.2, 0) is 19.4 Å². The summed E-state index contributed by atoms with van der Waals surface area (Å²) in [6.45, 7) is 4.79. The van der Waals surface area contributed by atoms with Gasteiger partial charge < -0.3 is 5.32 Å². The van der Waals surface area contributed by atoms with Crippen molar-refractivity contribution in [2.45, 2.75) is 51.1 Å². The monoisotopic (exact) mass is 466 g/mol. The molecule has 3 aliphatic heterocycles. The molecule has 1 aromatic heterocycles. The maximum Gasteiger partial charge on any atom is 0.267 e. The van der Waals surface area contributed by atoms with Crippen LogP contribution in [0.25, 0.3) is 0 Å². The number of piperidine rings is 1. The Morgan fingerprint density at radius 1 is 1.29 bits per heavy atom. The van der Waals surface area contributed by atoms with E-state index >= 15 is 0 Å². The summed E-state index contributed by atoms with van der Waals surface area (Å²) in [6.07, 6.45) is 3.15. The number of thiophene rings is 1. The predicted octanol–water partition coefficient (Wildman–Crippen LogP) is 1.80. The Kier molecular flexibility index (Phi) is 6.78. The van der Waals surface area contributed by atoms with Gasteiger partial charge in [-0.25, -0.2) is 13.4 Å². The van der Waals surface area contributed by atoms with Crippen LogP contribution in [0.5, 0.6) is 0 Å². The largest absolute Gasteiger partial charge is 0.349 e. The molecule has 31 heavy (non-hydrogen) atoms. The zero-order valence-electron chi connectivity index (χ0n) is 17.8. The Hall–Kier alpha value is -1.78. The summed E-state index contributed by atoms with van der Waals surface area (Å²) in [4.78, 5) is 28.9. The smallest absolute Gasteiger partial charge is 0.267 e. The summed E-state index contributed by atoms with van der Waals surface area (Å²) in [7, 11) is -3.14. The molecule has 2 fully saturated rings. The van der Waals surface area contributed by atoms with E-state index < -0.39 is 15.9 Å². The molecule has 3 aliphatic rings. The number of carbonyl (C=O) groups excluding carboxylic acids is 2. The second-order valence-electron chi connectivity index (χ2n) is 8.80. The number of nitrogens with zero attached hydrogens (tertiary/aromatic N) is 3. The molecular weight excluding hydrogens is 436 g/mol. The fraction of sp³-hybridized carbons (Fsp3) is 0.667. The summed E-state index contributed by atoms with van der Waals surface area (Å²) in [6, 6.07) is 3.80. The first-order chi connectivity index (χ1) is 14.8. The average Bonchev–Trinajstić information content (AvgIpc) is 3.39. The van der Waals surface area contributed by atoms with Gasteiger partial charge in [0.25, 0.3) is 5.91 Å². The third-order valence-corrected chi connectivity index (χ3v) is 9.19. The summed E-state index contributed by atoms with van der Waals surface area (Å²) in [5, 5.41) is 10.6. The van der Waals surface area contributed by atoms with Crippen LogP contribution in [-0.4, -0.2) is 73.0 Å². The Balaban J connectivity index is 1.42. The Morgan fingerprint density at radius 3 is 2.71 bits per heavy atom. The Morgan fingerprint density at radius 2 is 2.06 bits per heavy atom. The van der Waals surface area contributed by atoms with Gasteiger partial charge in [0.05, 0.1) is 23.6 Å². The van der Waals surface area contributed by atoms with E-state index in [4.69, 9.17) is 0 Å². The number of likely N-dealkylation sites (tertiary alicyclic amines) is 1. The van der Waals surface area contributed by atoms with Crippen molar-refractivity contribution < 1.29 is 18.0 Å². The number of sulfone groups is 1. The number of hydrogen-bond acceptors (Lipinski definition) is 7. The number of amides is 2. The molecule has 2 saturated heterocycles. The summed E-state index contributed by atoms with van der Waals surface area (Å²) in [5.74, 6) is 0.234. The fourth-order valence-corrected chi connectivity index (χ4v) is 7.06. The molecule has 0 aliphatic carbocycles. The normalized spacial score (nSPS) is 26.0. The van der Waals surface area contributed by atoms with E-state index in [-0.39, 0.29) is 42.2 Å². The zero-order valence-corrected chi connectivity index (χ0v) is 19.5. The quantitative estimate of drug-likeness (QED) is 0.689. The molecule has 170 valence electrons. The molecular formula is C21H30N4O4S2. The van der Waals surface area contributed by atoms with E-state index in [0.29, 0.717) is 18.7 Å². The van der Waals surface area contributed by atoms with Crippen molar-refractivity contribution in [2.75, 3.05) is 31.1 Å². The standard InChI is InChI=1S/C21H30N4O4S2/c1-15-6-9-24(10-7-15)18(19-3-2-11-30-19)13-22-21(27)17-4-5-20(26)25(23-17)16-8-12-31(28,29)14-16/h2-3,11,15-16,18H,4-10,12-14H2,1H3,(H,22,27). The molecule has 0 aromatic carbocycles. The van der Waals surface area contributed by atoms with Crippen LogP contribution in [0.1, 0.15) is 49.9 Å². The molecule has 10 heteroatoms. The molecule has 0 radical (unpaired) electrons. The highest BCUT2D eigenvalue weighted by molar-refractivity contribution is 7.91. The highest BCUT2D eigenvalue weighted by Crippen LogP contribution is 2.29. The first-order valence-corrected chi connectivity index (χ1v) is 13.7. The summed E-state index contributed by atoms with van der Waals surface area (Å²) < 4.78 is 23.6. The third-order valence-electron chi connectivity index (χ3n) is 6.46. The van der Waals surface area contributed by atoms with E-state index in [1.165, 1.54) is 9.89 Å². The number of rotatable bonds is 6. The molecule has 8 nitrogen and oxygen atoms in total. The lowest BCUT2D eigenvalue weighted by Gasteiger charge is -2.36. The van der Waals surface area contributed by atoms with Gasteiger partial charge in [0.15, 0.2) is 9.84 Å². The molecule has 0 bridgehead atoms. The predicted molar refractivity (Wildman–Crippen MR) is 121 cm³/mol. The molecule has 0 saturated carbocycles. The van der Waals surface area contributed by atoms with E-state index in [2.05, 4.69) is 33.7 Å². The molecule has 4 heterocycles. The minimum atomic E-state index is -3.14. The van der Waals surface area contributed by atoms with Gasteiger partial charge in [-0.05, 0) is 49.7 Å². The Bertz CT molecular complexity index is 937. The van der Waals surface area contributed by atoms with E-state index in [0.717, 1.165) is 31.8 Å². The van der Waals surface area contributed by atoms with Crippen molar-refractivity contribution in [3.05, 3.63) is 22.4 Å². The van der Waals surface area contributed by atoms with Gasteiger partial charge in [0, 0.05) is 24.3 Å². The summed E-state index contributed by atoms with van der Waals surface area (Å²) in [5.41, 5.74) is 0.307. The highest BCUT2D eigenvalue weighted by Gasteiger charge is 2.37. The van der Waals surface area contributed by atoms with E-state index in [1.54, 1.807) is 11.3 Å². The lowest BCUT2D eigenvalue weighted by molar-refractivity contribution is -0.133. The van der Waals surface area contributed by atoms with Gasteiger partial charge in [0.1, 0.15) is 5.71 Å². The average molecular weight is 467 g/mol. The molecule has 2 amide bonds. The summed E-state index contributed by atoms with van der Waals surface area (Å²) >= 11 is 1.70. The van der Waals surface area contributed by atoms with Crippen LogP contribution >= 0.6 is 11.3 Å². The first-order valence-electron chi connectivity index (χ1n) is 11.0. The van der Waals surface area contributed by atoms with Crippen LogP contribution in [0.2, 0.25) is 0 Å². The number of hydrazone groups is 1. The van der Waals surface area contributed by atoms with Gasteiger partial charge in [-0.1, -0.05) is 13.0 Å². The molecule has 1 N–H and O–H groups in total. The minimum Gasteiger partial charge on any atom is -0.349 e. The van der Waals surface area contributed by atoms with Crippen molar-refractivity contribution in [3.63, 3.8) is 0 Å². The zero-order chi connectivity index (χ0) is 22.0. The van der Waals surface area contributed by atoms with E-state index in [1.807, 2.05) is 6.07 Å².